The zero-order valence-corrected chi connectivity index (χ0v) is 14.7. The van der Waals surface area contributed by atoms with Crippen molar-refractivity contribution in [3.63, 3.8) is 0 Å². The molecule has 4 nitrogen and oxygen atoms in total. The molecule has 2 amide bonds. The van der Waals surface area contributed by atoms with Crippen molar-refractivity contribution < 1.29 is 14.3 Å². The van der Waals surface area contributed by atoms with E-state index < -0.39 is 0 Å². The van der Waals surface area contributed by atoms with Crippen molar-refractivity contribution in [2.45, 2.75) is 26.2 Å². The zero-order chi connectivity index (χ0) is 17.8. The molecule has 0 radical (unpaired) electrons. The second kappa shape index (κ2) is 5.70. The number of rotatable bonds is 3. The van der Waals surface area contributed by atoms with Crippen LogP contribution in [0.1, 0.15) is 24.8 Å². The Labute approximate surface area is 152 Å². The monoisotopic (exact) mass is 347 g/mol. The van der Waals surface area contributed by atoms with Gasteiger partial charge < -0.3 is 4.74 Å². The van der Waals surface area contributed by atoms with Crippen molar-refractivity contribution in [1.29, 1.82) is 0 Å². The number of nitrogens with zero attached hydrogens (tertiary/aromatic N) is 1. The Bertz CT molecular complexity index is 861. The molecule has 4 heteroatoms. The Morgan fingerprint density at radius 1 is 0.885 bits per heavy atom. The number of amides is 2. The Hall–Kier alpha value is -2.62. The first-order valence-corrected chi connectivity index (χ1v) is 9.35. The number of hydrogen-bond donors (Lipinski definition) is 0. The predicted molar refractivity (Wildman–Crippen MR) is 98.0 cm³/mol. The standard InChI is InChI=1S/C22H21NO3/c1-13-4-2-3-5-18(13)26-17-10-8-16(9-11-17)23-21(24)19-14-6-7-15(12-14)20(19)22(23)25/h2-5,8-11,14-15,19-20H,6-7,12H2,1H3/t14-,15+,19-,20+. The number of aryl methyl sites for hydroxylation is 1. The molecule has 2 bridgehead atoms. The number of carbonyl (C=O) groups is 2. The van der Waals surface area contributed by atoms with Gasteiger partial charge in [-0.3, -0.25) is 14.5 Å². The fraction of sp³-hybridized carbons (Fsp3) is 0.364. The molecule has 3 fully saturated rings. The number of hydrogen-bond acceptors (Lipinski definition) is 3. The van der Waals surface area contributed by atoms with E-state index in [1.54, 1.807) is 0 Å². The van der Waals surface area contributed by atoms with E-state index in [1.165, 1.54) is 4.90 Å². The van der Waals surface area contributed by atoms with Crippen LogP contribution in [0.2, 0.25) is 0 Å². The maximum atomic E-state index is 12.9. The van der Waals surface area contributed by atoms with Crippen LogP contribution in [0.25, 0.3) is 0 Å². The molecule has 1 saturated heterocycles. The Kier molecular flexibility index (Phi) is 3.42. The highest BCUT2D eigenvalue weighted by molar-refractivity contribution is 6.22. The Morgan fingerprint density at radius 3 is 2.12 bits per heavy atom. The molecule has 0 spiro atoms. The number of fused-ring (bicyclic) bond motifs is 5. The quantitative estimate of drug-likeness (QED) is 0.777. The van der Waals surface area contributed by atoms with E-state index in [-0.39, 0.29) is 23.7 Å². The van der Waals surface area contributed by atoms with Crippen molar-refractivity contribution in [3.05, 3.63) is 54.1 Å². The summed E-state index contributed by atoms with van der Waals surface area (Å²) in [5, 5.41) is 0. The number of para-hydroxylation sites is 1. The van der Waals surface area contributed by atoms with Crippen LogP contribution in [-0.4, -0.2) is 11.8 Å². The maximum Gasteiger partial charge on any atom is 0.237 e. The van der Waals surface area contributed by atoms with Gasteiger partial charge in [-0.1, -0.05) is 18.2 Å². The lowest BCUT2D eigenvalue weighted by atomic mass is 9.81. The predicted octanol–water partition coefficient (Wildman–Crippen LogP) is 4.32. The molecular weight excluding hydrogens is 326 g/mol. The molecule has 132 valence electrons. The lowest BCUT2D eigenvalue weighted by Gasteiger charge is -2.19. The van der Waals surface area contributed by atoms with Gasteiger partial charge in [0.05, 0.1) is 17.5 Å². The maximum absolute atomic E-state index is 12.9. The summed E-state index contributed by atoms with van der Waals surface area (Å²) in [6.07, 6.45) is 3.26. The molecular formula is C22H21NO3. The van der Waals surface area contributed by atoms with Gasteiger partial charge in [-0.2, -0.15) is 0 Å². The van der Waals surface area contributed by atoms with Crippen molar-refractivity contribution in [1.82, 2.24) is 0 Å². The van der Waals surface area contributed by atoms with Gasteiger partial charge in [-0.25, -0.2) is 0 Å². The molecule has 2 saturated carbocycles. The molecule has 5 rings (SSSR count). The number of carbonyl (C=O) groups excluding carboxylic acids is 2. The smallest absolute Gasteiger partial charge is 0.237 e. The first kappa shape index (κ1) is 15.6. The molecule has 2 aromatic carbocycles. The van der Waals surface area contributed by atoms with Crippen LogP contribution >= 0.6 is 0 Å². The van der Waals surface area contributed by atoms with Gasteiger partial charge in [-0.15, -0.1) is 0 Å². The van der Waals surface area contributed by atoms with Crippen LogP contribution < -0.4 is 9.64 Å². The number of anilines is 1. The normalized spacial score (nSPS) is 29.3. The summed E-state index contributed by atoms with van der Waals surface area (Å²) in [4.78, 5) is 27.2. The average molecular weight is 347 g/mol. The number of ether oxygens (including phenoxy) is 1. The van der Waals surface area contributed by atoms with Gasteiger partial charge in [0.25, 0.3) is 0 Å². The average Bonchev–Trinajstić information content (AvgIpc) is 3.32. The fourth-order valence-corrected chi connectivity index (χ4v) is 5.12. The topological polar surface area (TPSA) is 46.6 Å². The van der Waals surface area contributed by atoms with Gasteiger partial charge >= 0.3 is 0 Å². The third kappa shape index (κ3) is 2.21. The zero-order valence-electron chi connectivity index (χ0n) is 14.7. The molecule has 26 heavy (non-hydrogen) atoms. The van der Waals surface area contributed by atoms with Crippen LogP contribution in [0, 0.1) is 30.6 Å². The fourth-order valence-electron chi connectivity index (χ4n) is 5.12. The first-order valence-electron chi connectivity index (χ1n) is 9.35. The van der Waals surface area contributed by atoms with Crippen molar-refractivity contribution in [3.8, 4) is 11.5 Å². The second-order valence-corrected chi connectivity index (χ2v) is 7.76. The Morgan fingerprint density at radius 2 is 1.50 bits per heavy atom. The summed E-state index contributed by atoms with van der Waals surface area (Å²) in [5.74, 6) is 2.17. The van der Waals surface area contributed by atoms with E-state index in [0.29, 0.717) is 23.3 Å². The van der Waals surface area contributed by atoms with Crippen LogP contribution in [0.3, 0.4) is 0 Å². The highest BCUT2D eigenvalue weighted by atomic mass is 16.5. The molecule has 1 heterocycles. The highest BCUT2D eigenvalue weighted by Gasteiger charge is 2.61. The summed E-state index contributed by atoms with van der Waals surface area (Å²) >= 11 is 0. The van der Waals surface area contributed by atoms with Crippen molar-refractivity contribution in [2.75, 3.05) is 4.90 Å². The lowest BCUT2D eigenvalue weighted by Crippen LogP contribution is -2.32. The molecule has 0 aromatic heterocycles. The van der Waals surface area contributed by atoms with Gasteiger partial charge in [0.15, 0.2) is 0 Å². The van der Waals surface area contributed by atoms with Crippen LogP contribution in [0.5, 0.6) is 11.5 Å². The summed E-state index contributed by atoms with van der Waals surface area (Å²) in [6, 6.07) is 15.1. The van der Waals surface area contributed by atoms with E-state index in [2.05, 4.69) is 0 Å². The summed E-state index contributed by atoms with van der Waals surface area (Å²) in [7, 11) is 0. The minimum absolute atomic E-state index is 0.000211. The minimum atomic E-state index is -0.0795. The van der Waals surface area contributed by atoms with Gasteiger partial charge in [0.2, 0.25) is 11.8 Å². The van der Waals surface area contributed by atoms with Crippen LogP contribution in [-0.2, 0) is 9.59 Å². The van der Waals surface area contributed by atoms with E-state index in [1.807, 2.05) is 55.5 Å². The molecule has 3 aliphatic rings. The van der Waals surface area contributed by atoms with Crippen LogP contribution in [0.4, 0.5) is 5.69 Å². The third-order valence-electron chi connectivity index (χ3n) is 6.34. The second-order valence-electron chi connectivity index (χ2n) is 7.76. The van der Waals surface area contributed by atoms with Gasteiger partial charge in [0.1, 0.15) is 11.5 Å². The van der Waals surface area contributed by atoms with E-state index in [0.717, 1.165) is 30.6 Å². The van der Waals surface area contributed by atoms with Gasteiger partial charge in [-0.05, 0) is 73.9 Å². The molecule has 0 unspecified atom stereocenters. The van der Waals surface area contributed by atoms with E-state index in [4.69, 9.17) is 4.74 Å². The van der Waals surface area contributed by atoms with Crippen LogP contribution in [0.15, 0.2) is 48.5 Å². The summed E-state index contributed by atoms with van der Waals surface area (Å²) < 4.78 is 5.91. The van der Waals surface area contributed by atoms with Gasteiger partial charge in [0, 0.05) is 0 Å². The first-order chi connectivity index (χ1) is 12.6. The van der Waals surface area contributed by atoms with E-state index in [9.17, 15) is 9.59 Å². The third-order valence-corrected chi connectivity index (χ3v) is 6.34. The minimum Gasteiger partial charge on any atom is -0.457 e. The highest BCUT2D eigenvalue weighted by Crippen LogP contribution is 2.56. The molecule has 2 aliphatic carbocycles. The summed E-state index contributed by atoms with van der Waals surface area (Å²) in [6.45, 7) is 2.00. The molecule has 4 atom stereocenters. The molecule has 1 aliphatic heterocycles. The Balaban J connectivity index is 1.39. The lowest BCUT2D eigenvalue weighted by molar-refractivity contribution is -0.123. The largest absolute Gasteiger partial charge is 0.457 e. The molecule has 0 N–H and O–H groups in total. The van der Waals surface area contributed by atoms with Crippen molar-refractivity contribution >= 4 is 17.5 Å². The molecule has 2 aromatic rings. The number of benzene rings is 2. The number of imide groups is 1. The van der Waals surface area contributed by atoms with E-state index >= 15 is 0 Å². The van der Waals surface area contributed by atoms with Crippen molar-refractivity contribution in [2.24, 2.45) is 23.7 Å². The summed E-state index contributed by atoms with van der Waals surface area (Å²) in [5.41, 5.74) is 1.72. The SMILES string of the molecule is Cc1ccccc1Oc1ccc(N2C(=O)[C@@H]3[C@@H]4CC[C@@H](C4)[C@@H]3C2=O)cc1.